The molecule has 0 atom stereocenters. The maximum Gasteiger partial charge on any atom is 0.226 e. The largest absolute Gasteiger partial charge is 0.339 e. The molecule has 7 heteroatoms. The van der Waals surface area contributed by atoms with Gasteiger partial charge in [0.15, 0.2) is 15.7 Å². The summed E-state index contributed by atoms with van der Waals surface area (Å²) in [6.07, 6.45) is 2.70. The predicted molar refractivity (Wildman–Crippen MR) is 64.3 cm³/mol. The smallest absolute Gasteiger partial charge is 0.226 e. The van der Waals surface area contributed by atoms with Crippen LogP contribution >= 0.6 is 0 Å². The van der Waals surface area contributed by atoms with Crippen LogP contribution in [0.1, 0.15) is 32.0 Å². The van der Waals surface area contributed by atoms with E-state index in [0.717, 1.165) is 19.2 Å². The Labute approximate surface area is 102 Å². The van der Waals surface area contributed by atoms with Crippen LogP contribution in [0.4, 0.5) is 0 Å². The van der Waals surface area contributed by atoms with E-state index in [9.17, 15) is 8.42 Å². The fourth-order valence-corrected chi connectivity index (χ4v) is 1.90. The molecule has 98 valence electrons. The van der Waals surface area contributed by atoms with Crippen LogP contribution in [0, 0.1) is 0 Å². The van der Waals surface area contributed by atoms with Crippen LogP contribution in [-0.4, -0.2) is 37.4 Å². The van der Waals surface area contributed by atoms with Crippen molar-refractivity contribution in [1.82, 2.24) is 15.5 Å². The number of nitrogens with one attached hydrogen (secondary N) is 1. The molecule has 0 radical (unpaired) electrons. The van der Waals surface area contributed by atoms with Crippen molar-refractivity contribution < 1.29 is 12.9 Å². The molecule has 1 aromatic heterocycles. The van der Waals surface area contributed by atoms with Crippen LogP contribution in [0.15, 0.2) is 4.52 Å². The van der Waals surface area contributed by atoms with Crippen LogP contribution in [0.25, 0.3) is 0 Å². The Morgan fingerprint density at radius 2 is 2.12 bits per heavy atom. The van der Waals surface area contributed by atoms with Crippen LogP contribution in [0.3, 0.4) is 0 Å². The summed E-state index contributed by atoms with van der Waals surface area (Å²) in [5.74, 6) is 0.564. The van der Waals surface area contributed by atoms with E-state index < -0.39 is 9.84 Å². The third-order valence-electron chi connectivity index (χ3n) is 2.02. The van der Waals surface area contributed by atoms with E-state index >= 15 is 0 Å². The molecule has 0 saturated carbocycles. The first-order valence-corrected chi connectivity index (χ1v) is 7.65. The minimum absolute atomic E-state index is 0.166. The molecule has 0 bridgehead atoms. The van der Waals surface area contributed by atoms with Crippen molar-refractivity contribution in [2.24, 2.45) is 0 Å². The molecule has 0 fully saturated rings. The molecule has 1 N–H and O–H groups in total. The second kappa shape index (κ2) is 6.11. The molecule has 17 heavy (non-hydrogen) atoms. The summed E-state index contributed by atoms with van der Waals surface area (Å²) < 4.78 is 27.0. The van der Waals surface area contributed by atoms with Gasteiger partial charge in [-0.25, -0.2) is 8.42 Å². The van der Waals surface area contributed by atoms with E-state index in [1.165, 1.54) is 0 Å². The lowest BCUT2D eigenvalue weighted by atomic mass is 10.3. The lowest BCUT2D eigenvalue weighted by molar-refractivity contribution is 0.369. The molecule has 1 aromatic rings. The maximum absolute atomic E-state index is 11.0. The predicted octanol–water partition coefficient (Wildman–Crippen LogP) is 0.545. The van der Waals surface area contributed by atoms with Crippen molar-refractivity contribution in [2.75, 3.05) is 12.8 Å². The van der Waals surface area contributed by atoms with Gasteiger partial charge in [0, 0.05) is 18.7 Å². The Bertz CT molecular complexity index is 439. The number of hydrogen-bond donors (Lipinski definition) is 1. The lowest BCUT2D eigenvalue weighted by Crippen LogP contribution is -2.23. The average Bonchev–Trinajstić information content (AvgIpc) is 2.57. The number of rotatable bonds is 7. The third-order valence-corrected chi connectivity index (χ3v) is 2.80. The van der Waals surface area contributed by atoms with Crippen molar-refractivity contribution in [1.29, 1.82) is 0 Å². The molecule has 0 aliphatic rings. The van der Waals surface area contributed by atoms with E-state index in [1.54, 1.807) is 0 Å². The monoisotopic (exact) mass is 261 g/mol. The van der Waals surface area contributed by atoms with Gasteiger partial charge in [-0.15, -0.1) is 0 Å². The minimum Gasteiger partial charge on any atom is -0.339 e. The number of hydrogen-bond acceptors (Lipinski definition) is 6. The summed E-state index contributed by atoms with van der Waals surface area (Å²) in [5, 5.41) is 6.90. The molecule has 1 heterocycles. The average molecular weight is 261 g/mol. The summed E-state index contributed by atoms with van der Waals surface area (Å²) in [6, 6.07) is 0.457. The molecule has 0 aliphatic carbocycles. The Morgan fingerprint density at radius 3 is 2.71 bits per heavy atom. The number of sulfone groups is 1. The molecule has 0 amide bonds. The van der Waals surface area contributed by atoms with Gasteiger partial charge >= 0.3 is 0 Å². The van der Waals surface area contributed by atoms with Crippen LogP contribution in [-0.2, 0) is 22.0 Å². The van der Waals surface area contributed by atoms with Gasteiger partial charge < -0.3 is 9.84 Å². The Kier molecular flexibility index (Phi) is 5.07. The van der Waals surface area contributed by atoms with Crippen molar-refractivity contribution in [2.45, 2.75) is 38.5 Å². The molecule has 0 aliphatic heterocycles. The topological polar surface area (TPSA) is 85.1 Å². The SMILES string of the molecule is CC(C)NCCCc1nc(CS(C)(=O)=O)no1. The standard InChI is InChI=1S/C10H19N3O3S/c1-8(2)11-6-4-5-10-12-9(13-16-10)7-17(3,14)15/h8,11H,4-7H2,1-3H3. The van der Waals surface area contributed by atoms with Crippen LogP contribution in [0.5, 0.6) is 0 Å². The van der Waals surface area contributed by atoms with E-state index in [1.807, 2.05) is 0 Å². The second-order valence-corrected chi connectivity index (χ2v) is 6.53. The first-order valence-electron chi connectivity index (χ1n) is 5.59. The Balaban J connectivity index is 2.36. The summed E-state index contributed by atoms with van der Waals surface area (Å²) in [6.45, 7) is 5.04. The highest BCUT2D eigenvalue weighted by atomic mass is 32.2. The molecule has 1 rings (SSSR count). The van der Waals surface area contributed by atoms with E-state index in [-0.39, 0.29) is 11.6 Å². The molecule has 0 saturated heterocycles. The van der Waals surface area contributed by atoms with Gasteiger partial charge in [0.2, 0.25) is 5.89 Å². The summed E-state index contributed by atoms with van der Waals surface area (Å²) in [5.41, 5.74) is 0. The highest BCUT2D eigenvalue weighted by molar-refractivity contribution is 7.89. The Hall–Kier alpha value is -0.950. The van der Waals surface area contributed by atoms with E-state index in [2.05, 4.69) is 29.3 Å². The summed E-state index contributed by atoms with van der Waals surface area (Å²) in [4.78, 5) is 4.03. The van der Waals surface area contributed by atoms with Crippen LogP contribution in [0.2, 0.25) is 0 Å². The lowest BCUT2D eigenvalue weighted by Gasteiger charge is -2.05. The van der Waals surface area contributed by atoms with Gasteiger partial charge in [-0.3, -0.25) is 0 Å². The first-order chi connectivity index (χ1) is 7.87. The molecule has 0 spiro atoms. The normalized spacial score (nSPS) is 12.2. The molecular formula is C10H19N3O3S. The van der Waals surface area contributed by atoms with Crippen molar-refractivity contribution in [3.8, 4) is 0 Å². The number of aryl methyl sites for hydroxylation is 1. The quantitative estimate of drug-likeness (QED) is 0.721. The first kappa shape index (κ1) is 14.1. The zero-order chi connectivity index (χ0) is 12.9. The maximum atomic E-state index is 11.0. The minimum atomic E-state index is -3.10. The highest BCUT2D eigenvalue weighted by Crippen LogP contribution is 2.03. The fourth-order valence-electron chi connectivity index (χ4n) is 1.32. The van der Waals surface area contributed by atoms with Gasteiger partial charge in [0.05, 0.1) is 0 Å². The fraction of sp³-hybridized carbons (Fsp3) is 0.800. The third kappa shape index (κ3) is 6.38. The zero-order valence-corrected chi connectivity index (χ0v) is 11.2. The van der Waals surface area contributed by atoms with Gasteiger partial charge in [0.1, 0.15) is 5.75 Å². The molecule has 0 aromatic carbocycles. The summed E-state index contributed by atoms with van der Waals surface area (Å²) >= 11 is 0. The molecular weight excluding hydrogens is 242 g/mol. The van der Waals surface area contributed by atoms with Crippen molar-refractivity contribution in [3.63, 3.8) is 0 Å². The molecule has 0 unspecified atom stereocenters. The van der Waals surface area contributed by atoms with Gasteiger partial charge in [-0.1, -0.05) is 19.0 Å². The van der Waals surface area contributed by atoms with Crippen molar-refractivity contribution in [3.05, 3.63) is 11.7 Å². The second-order valence-electron chi connectivity index (χ2n) is 4.39. The highest BCUT2D eigenvalue weighted by Gasteiger charge is 2.11. The number of nitrogens with zero attached hydrogens (tertiary/aromatic N) is 2. The summed E-state index contributed by atoms with van der Waals surface area (Å²) in [7, 11) is -3.10. The van der Waals surface area contributed by atoms with Crippen molar-refractivity contribution >= 4 is 9.84 Å². The van der Waals surface area contributed by atoms with Gasteiger partial charge in [-0.2, -0.15) is 4.98 Å². The zero-order valence-electron chi connectivity index (χ0n) is 10.4. The van der Waals surface area contributed by atoms with Crippen LogP contribution < -0.4 is 5.32 Å². The van der Waals surface area contributed by atoms with Gasteiger partial charge in [-0.05, 0) is 13.0 Å². The molecule has 6 nitrogen and oxygen atoms in total. The van der Waals surface area contributed by atoms with Gasteiger partial charge in [0.25, 0.3) is 0 Å². The van der Waals surface area contributed by atoms with E-state index in [4.69, 9.17) is 4.52 Å². The van der Waals surface area contributed by atoms with E-state index in [0.29, 0.717) is 18.4 Å². The Morgan fingerprint density at radius 1 is 1.41 bits per heavy atom. The number of aromatic nitrogens is 2.